The lowest BCUT2D eigenvalue weighted by atomic mass is 10.0. The van der Waals surface area contributed by atoms with Crippen LogP contribution in [0.5, 0.6) is 0 Å². The van der Waals surface area contributed by atoms with Crippen molar-refractivity contribution < 1.29 is 18.0 Å². The third kappa shape index (κ3) is 8.71. The Morgan fingerprint density at radius 3 is 1.93 bits per heavy atom. The minimum absolute atomic E-state index is 0.0518. The van der Waals surface area contributed by atoms with E-state index in [0.29, 0.717) is 11.6 Å². The van der Waals surface area contributed by atoms with E-state index in [-0.39, 0.29) is 35.4 Å². The molecule has 0 aliphatic heterocycles. The maximum Gasteiger partial charge on any atom is 0.264 e. The molecule has 44 heavy (non-hydrogen) atoms. The molecule has 1 atom stereocenters. The quantitative estimate of drug-likeness (QED) is 0.189. The summed E-state index contributed by atoms with van der Waals surface area (Å²) < 4.78 is 29.2. The van der Waals surface area contributed by atoms with Crippen LogP contribution in [0.4, 0.5) is 5.69 Å². The number of halogens is 1. The molecule has 0 aliphatic carbocycles. The third-order valence-corrected chi connectivity index (χ3v) is 9.19. The van der Waals surface area contributed by atoms with E-state index in [0.717, 1.165) is 21.0 Å². The number of carbonyl (C=O) groups excluding carboxylic acids is 2. The molecule has 2 amide bonds. The van der Waals surface area contributed by atoms with Crippen molar-refractivity contribution >= 4 is 39.1 Å². The van der Waals surface area contributed by atoms with Gasteiger partial charge in [0.05, 0.1) is 10.6 Å². The smallest absolute Gasteiger partial charge is 0.264 e. The molecule has 0 radical (unpaired) electrons. The summed E-state index contributed by atoms with van der Waals surface area (Å²) in [7, 11) is -4.17. The van der Waals surface area contributed by atoms with E-state index in [2.05, 4.69) is 5.32 Å². The van der Waals surface area contributed by atoms with Gasteiger partial charge in [0.25, 0.3) is 10.0 Å². The van der Waals surface area contributed by atoms with E-state index in [1.807, 2.05) is 81.4 Å². The Labute approximate surface area is 265 Å². The molecule has 9 heteroatoms. The Balaban J connectivity index is 1.78. The Hall–Kier alpha value is -4.14. The highest BCUT2D eigenvalue weighted by atomic mass is 35.5. The van der Waals surface area contributed by atoms with Gasteiger partial charge in [-0.3, -0.25) is 13.9 Å². The molecule has 0 saturated heterocycles. The molecule has 0 aromatic heterocycles. The fraction of sp³-hybridized carbons (Fsp3) is 0.257. The second-order valence-corrected chi connectivity index (χ2v) is 13.5. The van der Waals surface area contributed by atoms with Gasteiger partial charge in [0.2, 0.25) is 11.8 Å². The van der Waals surface area contributed by atoms with E-state index < -0.39 is 28.5 Å². The lowest BCUT2D eigenvalue weighted by molar-refractivity contribution is -0.140. The molecule has 0 bridgehead atoms. The van der Waals surface area contributed by atoms with Gasteiger partial charge in [-0.2, -0.15) is 0 Å². The van der Waals surface area contributed by atoms with Crippen molar-refractivity contribution in [1.82, 2.24) is 10.2 Å². The van der Waals surface area contributed by atoms with E-state index in [9.17, 15) is 18.0 Å². The molecule has 7 nitrogen and oxygen atoms in total. The van der Waals surface area contributed by atoms with Gasteiger partial charge in [-0.15, -0.1) is 0 Å². The summed E-state index contributed by atoms with van der Waals surface area (Å²) >= 11 is 6.13. The molecule has 4 aromatic rings. The Kier molecular flexibility index (Phi) is 11.2. The number of anilines is 1. The molecule has 0 aliphatic rings. The fourth-order valence-electron chi connectivity index (χ4n) is 4.73. The summed E-state index contributed by atoms with van der Waals surface area (Å²) in [6.45, 7) is 5.91. The third-order valence-electron chi connectivity index (χ3n) is 7.15. The highest BCUT2D eigenvalue weighted by molar-refractivity contribution is 7.92. The van der Waals surface area contributed by atoms with Crippen LogP contribution in [0.25, 0.3) is 0 Å². The maximum atomic E-state index is 14.4. The van der Waals surface area contributed by atoms with Crippen LogP contribution in [0, 0.1) is 12.8 Å². The molecule has 0 fully saturated rings. The van der Waals surface area contributed by atoms with Crippen molar-refractivity contribution in [3.8, 4) is 0 Å². The molecule has 1 N–H and O–H groups in total. The standard InChI is InChI=1S/C35H38ClN3O4S/c1-26(2)23-37-35(41)33(22-28-10-6-4-7-11-28)38(24-29-12-8-5-9-13-29)34(40)25-39(31-18-16-30(36)17-19-31)44(42,43)32-20-14-27(3)15-21-32/h4-21,26,33H,22-25H2,1-3H3,(H,37,41)/t33-/m0/s1. The molecule has 230 valence electrons. The van der Waals surface area contributed by atoms with Crippen LogP contribution >= 0.6 is 11.6 Å². The van der Waals surface area contributed by atoms with Gasteiger partial charge in [0, 0.05) is 24.5 Å². The number of sulfonamides is 1. The molecule has 4 aromatic carbocycles. The molecular weight excluding hydrogens is 594 g/mol. The second-order valence-electron chi connectivity index (χ2n) is 11.2. The van der Waals surface area contributed by atoms with Gasteiger partial charge in [-0.05, 0) is 60.4 Å². The molecule has 4 rings (SSSR count). The molecule has 0 heterocycles. The van der Waals surface area contributed by atoms with Gasteiger partial charge in [-0.1, -0.05) is 104 Å². The number of carbonyl (C=O) groups is 2. The van der Waals surface area contributed by atoms with Crippen molar-refractivity contribution in [3.63, 3.8) is 0 Å². The summed E-state index contributed by atoms with van der Waals surface area (Å²) in [6, 6.07) is 30.8. The Morgan fingerprint density at radius 1 is 0.795 bits per heavy atom. The lowest BCUT2D eigenvalue weighted by Gasteiger charge is -2.34. The number of aryl methyl sites for hydroxylation is 1. The summed E-state index contributed by atoms with van der Waals surface area (Å²) in [5, 5.41) is 3.43. The number of amides is 2. The molecule has 0 saturated carbocycles. The van der Waals surface area contributed by atoms with Crippen LogP contribution in [-0.4, -0.2) is 44.3 Å². The average molecular weight is 632 g/mol. The van der Waals surface area contributed by atoms with Crippen molar-refractivity contribution in [2.45, 2.75) is 44.7 Å². The van der Waals surface area contributed by atoms with Crippen LogP contribution in [-0.2, 0) is 32.6 Å². The highest BCUT2D eigenvalue weighted by Gasteiger charge is 2.34. The number of nitrogens with one attached hydrogen (secondary N) is 1. The number of rotatable bonds is 13. The second kappa shape index (κ2) is 15.0. The van der Waals surface area contributed by atoms with E-state index in [1.165, 1.54) is 17.0 Å². The Morgan fingerprint density at radius 2 is 1.36 bits per heavy atom. The maximum absolute atomic E-state index is 14.4. The van der Waals surface area contributed by atoms with Crippen LogP contribution in [0.3, 0.4) is 0 Å². The summed E-state index contributed by atoms with van der Waals surface area (Å²) in [5.41, 5.74) is 2.88. The van der Waals surface area contributed by atoms with E-state index >= 15 is 0 Å². The zero-order valence-corrected chi connectivity index (χ0v) is 26.8. The van der Waals surface area contributed by atoms with Gasteiger partial charge in [0.1, 0.15) is 12.6 Å². The topological polar surface area (TPSA) is 86.8 Å². The normalized spacial score (nSPS) is 12.0. The molecule has 0 spiro atoms. The van der Waals surface area contributed by atoms with Gasteiger partial charge in [-0.25, -0.2) is 8.42 Å². The van der Waals surface area contributed by atoms with Crippen molar-refractivity contribution in [2.24, 2.45) is 5.92 Å². The molecule has 0 unspecified atom stereocenters. The molecular formula is C35H38ClN3O4S. The number of benzene rings is 4. The first-order chi connectivity index (χ1) is 21.0. The zero-order chi connectivity index (χ0) is 31.7. The predicted octanol–water partition coefficient (Wildman–Crippen LogP) is 6.26. The van der Waals surface area contributed by atoms with Gasteiger partial charge in [0.15, 0.2) is 0 Å². The number of hydrogen-bond acceptors (Lipinski definition) is 4. The van der Waals surface area contributed by atoms with Crippen LogP contribution in [0.1, 0.15) is 30.5 Å². The van der Waals surface area contributed by atoms with Crippen LogP contribution < -0.4 is 9.62 Å². The average Bonchev–Trinajstić information content (AvgIpc) is 3.02. The first kappa shape index (κ1) is 32.8. The first-order valence-electron chi connectivity index (χ1n) is 14.5. The van der Waals surface area contributed by atoms with E-state index in [1.54, 1.807) is 36.4 Å². The van der Waals surface area contributed by atoms with Gasteiger partial charge >= 0.3 is 0 Å². The lowest BCUT2D eigenvalue weighted by Crippen LogP contribution is -2.53. The SMILES string of the molecule is Cc1ccc(S(=O)(=O)N(CC(=O)N(Cc2ccccc2)[C@@H](Cc2ccccc2)C(=O)NCC(C)C)c2ccc(Cl)cc2)cc1. The minimum Gasteiger partial charge on any atom is -0.354 e. The van der Waals surface area contributed by atoms with Gasteiger partial charge < -0.3 is 10.2 Å². The summed E-state index contributed by atoms with van der Waals surface area (Å²) in [5.74, 6) is -0.610. The van der Waals surface area contributed by atoms with Crippen LogP contribution in [0.2, 0.25) is 5.02 Å². The van der Waals surface area contributed by atoms with Crippen LogP contribution in [0.15, 0.2) is 114 Å². The van der Waals surface area contributed by atoms with Crippen molar-refractivity contribution in [3.05, 3.63) is 131 Å². The predicted molar refractivity (Wildman–Crippen MR) is 176 cm³/mol. The Bertz CT molecular complexity index is 1630. The largest absolute Gasteiger partial charge is 0.354 e. The van der Waals surface area contributed by atoms with E-state index in [4.69, 9.17) is 11.6 Å². The fourth-order valence-corrected chi connectivity index (χ4v) is 6.27. The summed E-state index contributed by atoms with van der Waals surface area (Å²) in [4.78, 5) is 29.7. The highest BCUT2D eigenvalue weighted by Crippen LogP contribution is 2.26. The first-order valence-corrected chi connectivity index (χ1v) is 16.4. The summed E-state index contributed by atoms with van der Waals surface area (Å²) in [6.07, 6.45) is 0.259. The number of hydrogen-bond donors (Lipinski definition) is 1. The van der Waals surface area contributed by atoms with Crippen molar-refractivity contribution in [1.29, 1.82) is 0 Å². The van der Waals surface area contributed by atoms with Crippen molar-refractivity contribution in [2.75, 3.05) is 17.4 Å². The monoisotopic (exact) mass is 631 g/mol. The number of nitrogens with zero attached hydrogens (tertiary/aromatic N) is 2. The minimum atomic E-state index is -4.17. The zero-order valence-electron chi connectivity index (χ0n) is 25.2.